The first-order chi connectivity index (χ1) is 14.8. The van der Waals surface area contributed by atoms with E-state index in [4.69, 9.17) is 20.8 Å². The maximum atomic E-state index is 12.7. The summed E-state index contributed by atoms with van der Waals surface area (Å²) in [5.74, 6) is -8.04. The predicted octanol–water partition coefficient (Wildman–Crippen LogP) is -0.0657. The van der Waals surface area contributed by atoms with Crippen molar-refractivity contribution < 1.29 is 47.8 Å². The predicted molar refractivity (Wildman–Crippen MR) is 106 cm³/mol. The van der Waals surface area contributed by atoms with Crippen molar-refractivity contribution in [2.75, 3.05) is 12.3 Å². The van der Waals surface area contributed by atoms with E-state index in [1.807, 2.05) is 0 Å². The highest BCUT2D eigenvalue weighted by Gasteiger charge is 2.57. The molecular weight excluding hydrogens is 480 g/mol. The number of alkyl halides is 2. The summed E-state index contributed by atoms with van der Waals surface area (Å²) >= 11 is 0.643. The Morgan fingerprint density at radius 3 is 2.56 bits per heavy atom. The van der Waals surface area contributed by atoms with Gasteiger partial charge in [0.2, 0.25) is 12.0 Å². The molecule has 0 radical (unpaired) electrons. The second kappa shape index (κ2) is 10.0. The van der Waals surface area contributed by atoms with Gasteiger partial charge in [-0.25, -0.2) is 24.5 Å². The number of aliphatic carboxylic acids is 2. The number of β-lactam (4-membered cyclic amide) rings is 1. The molecule has 2 heterocycles. The fraction of sp³-hybridized carbons (Fsp3) is 0.467. The monoisotopic (exact) mass is 497 g/mol. The van der Waals surface area contributed by atoms with Crippen molar-refractivity contribution in [3.8, 4) is 0 Å². The molecule has 17 heteroatoms. The summed E-state index contributed by atoms with van der Waals surface area (Å²) in [6, 6.07) is -1.26. The number of thiazole rings is 1. The first-order valence-electron chi connectivity index (χ1n) is 8.45. The molecule has 5 N–H and O–H groups in total. The van der Waals surface area contributed by atoms with Crippen molar-refractivity contribution in [3.05, 3.63) is 11.1 Å². The van der Waals surface area contributed by atoms with Crippen LogP contribution in [0.15, 0.2) is 10.5 Å². The van der Waals surface area contributed by atoms with Crippen LogP contribution in [-0.2, 0) is 28.9 Å². The molecule has 0 aromatic carbocycles. The van der Waals surface area contributed by atoms with Gasteiger partial charge >= 0.3 is 11.9 Å². The summed E-state index contributed by atoms with van der Waals surface area (Å²) in [4.78, 5) is 60.2. The number of anilines is 1. The van der Waals surface area contributed by atoms with E-state index in [0.717, 1.165) is 11.3 Å². The highest BCUT2D eigenvalue weighted by atomic mass is 32.2. The molecular formula is C15H17F2N5O8S2. The summed E-state index contributed by atoms with van der Waals surface area (Å²) in [5, 5.41) is 25.4. The van der Waals surface area contributed by atoms with Gasteiger partial charge in [0.15, 0.2) is 10.8 Å². The van der Waals surface area contributed by atoms with Crippen molar-refractivity contribution in [1.29, 1.82) is 0 Å². The Morgan fingerprint density at radius 1 is 1.44 bits per heavy atom. The zero-order valence-corrected chi connectivity index (χ0v) is 18.0. The van der Waals surface area contributed by atoms with Gasteiger partial charge in [-0.1, -0.05) is 5.16 Å². The van der Waals surface area contributed by atoms with Gasteiger partial charge in [-0.15, -0.1) is 11.3 Å². The van der Waals surface area contributed by atoms with E-state index in [2.05, 4.69) is 20.3 Å². The lowest BCUT2D eigenvalue weighted by Crippen LogP contribution is -2.77. The lowest BCUT2D eigenvalue weighted by molar-refractivity contribution is -0.263. The van der Waals surface area contributed by atoms with E-state index < -0.39 is 58.8 Å². The molecule has 0 bridgehead atoms. The second-order valence-electron chi connectivity index (χ2n) is 6.54. The number of aromatic nitrogens is 1. The van der Waals surface area contributed by atoms with Crippen LogP contribution in [0, 0.1) is 0 Å². The van der Waals surface area contributed by atoms with Crippen LogP contribution >= 0.6 is 23.1 Å². The molecule has 1 unspecified atom stereocenters. The average molecular weight is 497 g/mol. The van der Waals surface area contributed by atoms with Gasteiger partial charge in [0.05, 0.1) is 5.54 Å². The van der Waals surface area contributed by atoms with E-state index in [-0.39, 0.29) is 22.6 Å². The molecule has 2 rings (SSSR count). The minimum Gasteiger partial charge on any atom is -0.479 e. The number of carbonyl (C=O) groups excluding carboxylic acids is 2. The largest absolute Gasteiger partial charge is 0.479 e. The number of hydrogen-bond acceptors (Lipinski definition) is 11. The van der Waals surface area contributed by atoms with Crippen LogP contribution in [0.5, 0.6) is 0 Å². The molecule has 1 aliphatic rings. The lowest BCUT2D eigenvalue weighted by atomic mass is 9.84. The van der Waals surface area contributed by atoms with Crippen molar-refractivity contribution in [1.82, 2.24) is 15.4 Å². The van der Waals surface area contributed by atoms with E-state index in [0.29, 0.717) is 5.06 Å². The Labute approximate surface area is 186 Å². The number of oxime groups is 1. The Hall–Kier alpha value is -3.05. The first kappa shape index (κ1) is 25.2. The van der Waals surface area contributed by atoms with Crippen molar-refractivity contribution in [3.63, 3.8) is 0 Å². The van der Waals surface area contributed by atoms with Gasteiger partial charge in [0.1, 0.15) is 11.7 Å². The molecule has 2 amide bonds. The molecule has 13 nitrogen and oxygen atoms in total. The number of nitrogens with two attached hydrogens (primary N) is 1. The first-order valence-corrected chi connectivity index (χ1v) is 10.3. The zero-order valence-electron chi connectivity index (χ0n) is 16.4. The number of nitrogen functional groups attached to an aromatic ring is 1. The zero-order chi connectivity index (χ0) is 24.2. The Balaban J connectivity index is 2.15. The third kappa shape index (κ3) is 5.80. The topological polar surface area (TPSA) is 194 Å². The van der Waals surface area contributed by atoms with Crippen LogP contribution in [0.25, 0.3) is 0 Å². The minimum absolute atomic E-state index is 0.0488. The van der Waals surface area contributed by atoms with Gasteiger partial charge < -0.3 is 26.1 Å². The summed E-state index contributed by atoms with van der Waals surface area (Å²) in [5.41, 5.74) is 1.61. The number of rotatable bonds is 11. The number of hydrogen-bond donors (Lipinski definition) is 4. The summed E-state index contributed by atoms with van der Waals surface area (Å²) in [6.45, 7) is 1.93. The number of hydroxylamine groups is 2. The van der Waals surface area contributed by atoms with E-state index >= 15 is 0 Å². The molecule has 0 spiro atoms. The molecule has 1 aromatic rings. The average Bonchev–Trinajstić information content (AvgIpc) is 3.11. The van der Waals surface area contributed by atoms with Crippen LogP contribution < -0.4 is 11.1 Å². The standard InChI is InChI=1S/C15H17F2N5O8S2/c1-15(2)8(10(26)22(15)30-12(11(27)28)32-13(16)17)20-9(25)7(21-29-3-6(23)24)5-4-31-14(18)19-5/h4,8,12-13H,3H2,1-2H3,(H2,18,19)(H,20,25)(H,23,24)(H,27,28)/b21-7-/t8-,12?/m1/s1. The Bertz CT molecular complexity index is 941. The van der Waals surface area contributed by atoms with Crippen LogP contribution in [0.2, 0.25) is 0 Å². The highest BCUT2D eigenvalue weighted by molar-refractivity contribution is 8.00. The lowest BCUT2D eigenvalue weighted by Gasteiger charge is -2.52. The second-order valence-corrected chi connectivity index (χ2v) is 8.49. The number of thioether (sulfide) groups is 1. The molecule has 1 aromatic heterocycles. The maximum absolute atomic E-state index is 12.7. The molecule has 1 aliphatic heterocycles. The van der Waals surface area contributed by atoms with Crippen molar-refractivity contribution >= 4 is 57.7 Å². The Kier molecular flexibility index (Phi) is 7.92. The van der Waals surface area contributed by atoms with Gasteiger partial charge in [-0.2, -0.15) is 8.78 Å². The molecule has 32 heavy (non-hydrogen) atoms. The highest BCUT2D eigenvalue weighted by Crippen LogP contribution is 2.35. The van der Waals surface area contributed by atoms with Gasteiger partial charge in [0, 0.05) is 5.38 Å². The van der Waals surface area contributed by atoms with E-state index in [9.17, 15) is 28.0 Å². The Morgan fingerprint density at radius 2 is 2.09 bits per heavy atom. The van der Waals surface area contributed by atoms with Gasteiger partial charge in [-0.3, -0.25) is 9.59 Å². The minimum atomic E-state index is -3.07. The summed E-state index contributed by atoms with van der Waals surface area (Å²) < 4.78 is 25.1. The third-order valence-electron chi connectivity index (χ3n) is 3.91. The number of carbonyl (C=O) groups is 4. The number of amides is 2. The molecule has 1 fully saturated rings. The van der Waals surface area contributed by atoms with Crippen LogP contribution in [0.3, 0.4) is 0 Å². The smallest absolute Gasteiger partial charge is 0.346 e. The number of carboxylic acid groups (broad SMARTS) is 2. The summed E-state index contributed by atoms with van der Waals surface area (Å²) in [6.07, 6.45) is 0. The fourth-order valence-corrected chi connectivity index (χ4v) is 3.44. The molecule has 1 saturated heterocycles. The molecule has 176 valence electrons. The van der Waals surface area contributed by atoms with Crippen molar-refractivity contribution in [2.45, 2.75) is 36.6 Å². The fourth-order valence-electron chi connectivity index (χ4n) is 2.45. The van der Waals surface area contributed by atoms with Crippen LogP contribution in [-0.4, -0.2) is 79.1 Å². The maximum Gasteiger partial charge on any atom is 0.346 e. The van der Waals surface area contributed by atoms with Crippen LogP contribution in [0.4, 0.5) is 13.9 Å². The summed E-state index contributed by atoms with van der Waals surface area (Å²) in [7, 11) is 0. The molecule has 2 atom stereocenters. The van der Waals surface area contributed by atoms with Crippen molar-refractivity contribution in [2.24, 2.45) is 5.16 Å². The normalized spacial score (nSPS) is 18.8. The SMILES string of the molecule is CC1(C)[C@H](NC(=O)/C(=N\OCC(=O)O)c2csc(N)n2)C(=O)N1OC(SC(F)F)C(=O)O. The number of nitrogens with zero attached hydrogens (tertiary/aromatic N) is 3. The number of carboxylic acids is 2. The van der Waals surface area contributed by atoms with Crippen LogP contribution in [0.1, 0.15) is 19.5 Å². The quantitative estimate of drug-likeness (QED) is 0.138. The number of halogens is 2. The molecule has 0 saturated carbocycles. The molecule has 0 aliphatic carbocycles. The van der Waals surface area contributed by atoms with E-state index in [1.54, 1.807) is 0 Å². The third-order valence-corrected chi connectivity index (χ3v) is 5.32. The van der Waals surface area contributed by atoms with Gasteiger partial charge in [0.25, 0.3) is 17.6 Å². The van der Waals surface area contributed by atoms with E-state index in [1.165, 1.54) is 19.2 Å². The number of nitrogens with one attached hydrogen (secondary N) is 1. The van der Waals surface area contributed by atoms with Gasteiger partial charge in [-0.05, 0) is 25.6 Å².